The van der Waals surface area contributed by atoms with E-state index in [1.165, 1.54) is 0 Å². The Hall–Kier alpha value is -1.40. The highest BCUT2D eigenvalue weighted by molar-refractivity contribution is 5.90. The summed E-state index contributed by atoms with van der Waals surface area (Å²) in [4.78, 5) is 26.7. The molecule has 5 aliphatic rings. The minimum Gasteiger partial charge on any atom is -0.460 e. The minimum atomic E-state index is -0.874. The summed E-state index contributed by atoms with van der Waals surface area (Å²) in [6.07, 6.45) is 8.04. The van der Waals surface area contributed by atoms with Crippen LogP contribution >= 0.6 is 0 Å². The summed E-state index contributed by atoms with van der Waals surface area (Å²) in [7, 11) is 0. The van der Waals surface area contributed by atoms with Crippen molar-refractivity contribution in [2.75, 3.05) is 6.54 Å². The van der Waals surface area contributed by atoms with Gasteiger partial charge < -0.3 is 14.2 Å². The number of rotatable bonds is 2. The molecule has 2 unspecified atom stereocenters. The molecule has 5 aliphatic heterocycles. The summed E-state index contributed by atoms with van der Waals surface area (Å²) in [5.74, 6) is -0.635. The van der Waals surface area contributed by atoms with E-state index in [0.717, 1.165) is 45.1 Å². The summed E-state index contributed by atoms with van der Waals surface area (Å²) < 4.78 is 18.1. The fraction of sp³-hybridized carbons (Fsp3) is 0.818. The van der Waals surface area contributed by atoms with Gasteiger partial charge in [-0.3, -0.25) is 9.69 Å². The van der Waals surface area contributed by atoms with Gasteiger partial charge in [-0.15, -0.1) is 0 Å². The Bertz CT molecular complexity index is 720. The highest BCUT2D eigenvalue weighted by Crippen LogP contribution is 2.54. The Morgan fingerprint density at radius 2 is 1.96 bits per heavy atom. The molecule has 0 N–H and O–H groups in total. The molecule has 6 nitrogen and oxygen atoms in total. The molecule has 0 radical (unpaired) electrons. The summed E-state index contributed by atoms with van der Waals surface area (Å²) in [5.41, 5.74) is 0.655. The largest absolute Gasteiger partial charge is 0.460 e. The lowest BCUT2D eigenvalue weighted by molar-refractivity contribution is -0.204. The van der Waals surface area contributed by atoms with Crippen LogP contribution in [0.3, 0.4) is 0 Å². The molecule has 8 atom stereocenters. The van der Waals surface area contributed by atoms with Crippen LogP contribution in [0.4, 0.5) is 0 Å². The zero-order valence-corrected chi connectivity index (χ0v) is 17.1. The highest BCUT2D eigenvalue weighted by atomic mass is 16.7. The normalized spacial score (nSPS) is 48.2. The third-order valence-electron chi connectivity index (χ3n) is 7.82. The monoisotopic (exact) mass is 389 g/mol. The van der Waals surface area contributed by atoms with Gasteiger partial charge >= 0.3 is 11.9 Å². The third-order valence-corrected chi connectivity index (χ3v) is 7.82. The van der Waals surface area contributed by atoms with Crippen LogP contribution in [-0.2, 0) is 23.8 Å². The van der Waals surface area contributed by atoms with Gasteiger partial charge in [-0.05, 0) is 58.1 Å². The maximum atomic E-state index is 12.2. The van der Waals surface area contributed by atoms with Gasteiger partial charge in [0, 0.05) is 29.5 Å². The smallest absolute Gasteiger partial charge is 0.336 e. The number of ether oxygens (including phenoxy) is 3. The van der Waals surface area contributed by atoms with E-state index in [4.69, 9.17) is 14.2 Å². The number of fused-ring (bicyclic) bond motifs is 3. The highest BCUT2D eigenvalue weighted by Gasteiger charge is 2.62. The van der Waals surface area contributed by atoms with Crippen LogP contribution in [0.25, 0.3) is 0 Å². The van der Waals surface area contributed by atoms with Crippen molar-refractivity contribution in [1.82, 2.24) is 4.90 Å². The molecular formula is C22H31NO5. The van der Waals surface area contributed by atoms with Crippen LogP contribution in [0.5, 0.6) is 0 Å². The lowest BCUT2D eigenvalue weighted by atomic mass is 9.77. The second-order valence-electron chi connectivity index (χ2n) is 9.39. The Kier molecular flexibility index (Phi) is 4.36. The van der Waals surface area contributed by atoms with Gasteiger partial charge in [0.05, 0.1) is 12.0 Å². The molecule has 6 heteroatoms. The van der Waals surface area contributed by atoms with Gasteiger partial charge in [-0.2, -0.15) is 0 Å². The Labute approximate surface area is 166 Å². The molecule has 1 spiro atoms. The zero-order chi connectivity index (χ0) is 19.6. The molecule has 5 heterocycles. The maximum absolute atomic E-state index is 12.2. The standard InChI is InChI=1S/C22H31NO5/c1-4-14-19-16-8-7-15(18-10-12(2)20(24)26-18)23(16)9-5-6-17(19)27-22(14)11-13(3)21(25)28-22/h11-12,14-19H,4-10H2,1-3H3/t12-,14?,15-,16-,17+,18-,19?,22-/m0/s1. The van der Waals surface area contributed by atoms with E-state index >= 15 is 0 Å². The molecule has 28 heavy (non-hydrogen) atoms. The Balaban J connectivity index is 1.43. The van der Waals surface area contributed by atoms with Crippen molar-refractivity contribution in [1.29, 1.82) is 0 Å². The van der Waals surface area contributed by atoms with Crippen LogP contribution < -0.4 is 0 Å². The fourth-order valence-corrected chi connectivity index (χ4v) is 6.64. The van der Waals surface area contributed by atoms with Crippen LogP contribution in [-0.4, -0.2) is 53.5 Å². The van der Waals surface area contributed by atoms with E-state index in [0.29, 0.717) is 23.6 Å². The molecule has 0 aliphatic carbocycles. The maximum Gasteiger partial charge on any atom is 0.336 e. The summed E-state index contributed by atoms with van der Waals surface area (Å²) in [5, 5.41) is 0. The lowest BCUT2D eigenvalue weighted by Gasteiger charge is -2.37. The summed E-state index contributed by atoms with van der Waals surface area (Å²) >= 11 is 0. The molecule has 0 amide bonds. The average molecular weight is 389 g/mol. The molecule has 4 saturated heterocycles. The van der Waals surface area contributed by atoms with E-state index in [1.807, 2.05) is 19.9 Å². The number of hydrogen-bond donors (Lipinski definition) is 0. The topological polar surface area (TPSA) is 65.1 Å². The van der Waals surface area contributed by atoms with Crippen molar-refractivity contribution >= 4 is 11.9 Å². The fourth-order valence-electron chi connectivity index (χ4n) is 6.64. The van der Waals surface area contributed by atoms with Crippen molar-refractivity contribution in [3.63, 3.8) is 0 Å². The predicted octanol–water partition coefficient (Wildman–Crippen LogP) is 2.81. The van der Waals surface area contributed by atoms with E-state index in [9.17, 15) is 9.59 Å². The second-order valence-corrected chi connectivity index (χ2v) is 9.39. The first-order chi connectivity index (χ1) is 13.4. The first-order valence-corrected chi connectivity index (χ1v) is 11.0. The summed E-state index contributed by atoms with van der Waals surface area (Å²) in [6.45, 7) is 6.99. The van der Waals surface area contributed by atoms with Gasteiger partial charge in [-0.25, -0.2) is 4.79 Å². The van der Waals surface area contributed by atoms with Crippen LogP contribution in [0, 0.1) is 17.8 Å². The molecule has 0 aromatic heterocycles. The van der Waals surface area contributed by atoms with Crippen molar-refractivity contribution in [2.45, 2.75) is 89.4 Å². The minimum absolute atomic E-state index is 0.0104. The number of cyclic esters (lactones) is 1. The van der Waals surface area contributed by atoms with Crippen LogP contribution in [0.1, 0.15) is 59.3 Å². The van der Waals surface area contributed by atoms with E-state index in [2.05, 4.69) is 11.8 Å². The van der Waals surface area contributed by atoms with E-state index < -0.39 is 5.79 Å². The third kappa shape index (κ3) is 2.60. The molecular weight excluding hydrogens is 358 g/mol. The van der Waals surface area contributed by atoms with Gasteiger partial charge in [0.15, 0.2) is 0 Å². The number of carbonyl (C=O) groups is 2. The van der Waals surface area contributed by atoms with E-state index in [1.54, 1.807) is 0 Å². The number of carbonyl (C=O) groups excluding carboxylic acids is 2. The summed E-state index contributed by atoms with van der Waals surface area (Å²) in [6, 6.07) is 0.722. The zero-order valence-electron chi connectivity index (χ0n) is 17.1. The predicted molar refractivity (Wildman–Crippen MR) is 101 cm³/mol. The van der Waals surface area contributed by atoms with Crippen LogP contribution in [0.15, 0.2) is 11.6 Å². The van der Waals surface area contributed by atoms with Gasteiger partial charge in [0.1, 0.15) is 6.10 Å². The SMILES string of the molecule is CCC1C2[C@@H](CCCN3[C@H]2CC[C@H]3[C@@H]2C[C@H](C)C(=O)O2)O[C@]12C=C(C)C(=O)O2. The Morgan fingerprint density at radius 1 is 1.18 bits per heavy atom. The van der Waals surface area contributed by atoms with Crippen LogP contribution in [0.2, 0.25) is 0 Å². The molecule has 5 rings (SSSR count). The number of esters is 2. The quantitative estimate of drug-likeness (QED) is 0.677. The van der Waals surface area contributed by atoms with E-state index in [-0.39, 0.29) is 36.0 Å². The van der Waals surface area contributed by atoms with Gasteiger partial charge in [-0.1, -0.05) is 13.8 Å². The second kappa shape index (κ2) is 6.56. The van der Waals surface area contributed by atoms with Crippen molar-refractivity contribution in [2.24, 2.45) is 17.8 Å². The first kappa shape index (κ1) is 18.6. The van der Waals surface area contributed by atoms with Crippen molar-refractivity contribution < 1.29 is 23.8 Å². The molecule has 0 aromatic rings. The number of hydrogen-bond acceptors (Lipinski definition) is 6. The van der Waals surface area contributed by atoms with Gasteiger partial charge in [0.25, 0.3) is 0 Å². The molecule has 154 valence electrons. The average Bonchev–Trinajstić information content (AvgIpc) is 3.33. The van der Waals surface area contributed by atoms with Crippen molar-refractivity contribution in [3.8, 4) is 0 Å². The number of nitrogens with zero attached hydrogens (tertiary/aromatic N) is 1. The molecule has 0 bridgehead atoms. The molecule has 0 saturated carbocycles. The first-order valence-electron chi connectivity index (χ1n) is 11.0. The Morgan fingerprint density at radius 3 is 2.61 bits per heavy atom. The van der Waals surface area contributed by atoms with Gasteiger partial charge in [0.2, 0.25) is 5.79 Å². The molecule has 4 fully saturated rings. The lowest BCUT2D eigenvalue weighted by Crippen LogP contribution is -2.48. The van der Waals surface area contributed by atoms with Crippen molar-refractivity contribution in [3.05, 3.63) is 11.6 Å². The molecule has 0 aromatic carbocycles.